The van der Waals surface area contributed by atoms with Crippen LogP contribution in [0.25, 0.3) is 0 Å². The lowest BCUT2D eigenvalue weighted by atomic mass is 10.00. The predicted molar refractivity (Wildman–Crippen MR) is 173 cm³/mol. The highest BCUT2D eigenvalue weighted by molar-refractivity contribution is 5.89. The molecule has 2 aromatic rings. The molecule has 4 amide bonds. The first kappa shape index (κ1) is 32.0. The number of carbonyl (C=O) groups is 4. The van der Waals surface area contributed by atoms with Crippen LogP contribution in [0.15, 0.2) is 54.6 Å². The largest absolute Gasteiger partial charge is 0.484 e. The normalized spacial score (nSPS) is 27.5. The van der Waals surface area contributed by atoms with Crippen LogP contribution in [0.1, 0.15) is 50.7 Å². The molecule has 5 aliphatic heterocycles. The van der Waals surface area contributed by atoms with Gasteiger partial charge in [-0.05, 0) is 48.9 Å². The average molecular weight is 631 g/mol. The van der Waals surface area contributed by atoms with E-state index in [1.165, 1.54) is 0 Å². The van der Waals surface area contributed by atoms with E-state index in [0.29, 0.717) is 37.8 Å². The molecule has 0 saturated carbocycles. The molecule has 3 saturated heterocycles. The van der Waals surface area contributed by atoms with E-state index in [0.717, 1.165) is 36.9 Å². The smallest absolute Gasteiger partial charge is 0.261 e. The van der Waals surface area contributed by atoms with Crippen molar-refractivity contribution in [1.82, 2.24) is 30.7 Å². The number of carbonyl (C=O) groups excluding carboxylic acids is 4. The number of benzene rings is 2. The van der Waals surface area contributed by atoms with Gasteiger partial charge < -0.3 is 30.5 Å². The van der Waals surface area contributed by atoms with Crippen LogP contribution in [0.4, 0.5) is 0 Å². The molecule has 3 fully saturated rings. The van der Waals surface area contributed by atoms with Crippen molar-refractivity contribution in [2.45, 2.75) is 88.7 Å². The second kappa shape index (κ2) is 14.2. The molecule has 0 aromatic heterocycles. The summed E-state index contributed by atoms with van der Waals surface area (Å²) in [5.41, 5.74) is 1.74. The monoisotopic (exact) mass is 630 g/mol. The van der Waals surface area contributed by atoms with Gasteiger partial charge in [-0.1, -0.05) is 56.3 Å². The molecule has 0 aliphatic carbocycles. The van der Waals surface area contributed by atoms with Crippen LogP contribution >= 0.6 is 0 Å². The lowest BCUT2D eigenvalue weighted by molar-refractivity contribution is -0.146. The zero-order chi connectivity index (χ0) is 32.2. The molecular formula is C35H46N6O5. The maximum Gasteiger partial charge on any atom is 0.261 e. The van der Waals surface area contributed by atoms with Crippen LogP contribution in [0, 0.1) is 0 Å². The van der Waals surface area contributed by atoms with Crippen LogP contribution in [-0.2, 0) is 32.1 Å². The number of amides is 4. The first-order valence-corrected chi connectivity index (χ1v) is 16.7. The van der Waals surface area contributed by atoms with Gasteiger partial charge in [0.05, 0.1) is 12.5 Å². The van der Waals surface area contributed by atoms with Gasteiger partial charge in [-0.15, -0.1) is 0 Å². The topological polar surface area (TPSA) is 123 Å². The third kappa shape index (κ3) is 7.36. The van der Waals surface area contributed by atoms with Crippen molar-refractivity contribution >= 4 is 23.6 Å². The molecular weight excluding hydrogens is 584 g/mol. The Hall–Kier alpha value is -3.96. The molecule has 5 heterocycles. The first-order chi connectivity index (χ1) is 22.2. The number of nitrogens with one attached hydrogen (secondary N) is 3. The summed E-state index contributed by atoms with van der Waals surface area (Å²) in [6, 6.07) is 16.2. The second-order valence-corrected chi connectivity index (χ2v) is 13.4. The number of hydrogen-bond acceptors (Lipinski definition) is 7. The summed E-state index contributed by atoms with van der Waals surface area (Å²) in [6.07, 6.45) is 2.72. The van der Waals surface area contributed by atoms with E-state index < -0.39 is 6.04 Å². The van der Waals surface area contributed by atoms with Crippen LogP contribution in [0.3, 0.4) is 0 Å². The first-order valence-electron chi connectivity index (χ1n) is 16.7. The average Bonchev–Trinajstić information content (AvgIpc) is 3.67. The Bertz CT molecular complexity index is 1410. The van der Waals surface area contributed by atoms with E-state index >= 15 is 0 Å². The Balaban J connectivity index is 1.24. The summed E-state index contributed by atoms with van der Waals surface area (Å²) < 4.78 is 5.76. The second-order valence-electron chi connectivity index (χ2n) is 13.4. The van der Waals surface area contributed by atoms with Crippen molar-refractivity contribution in [3.63, 3.8) is 0 Å². The number of likely N-dealkylation sites (tertiary alicyclic amines) is 1. The lowest BCUT2D eigenvalue weighted by Gasteiger charge is -2.40. The van der Waals surface area contributed by atoms with Gasteiger partial charge in [0, 0.05) is 56.9 Å². The molecule has 46 heavy (non-hydrogen) atoms. The van der Waals surface area contributed by atoms with Gasteiger partial charge in [0.2, 0.25) is 17.7 Å². The van der Waals surface area contributed by atoms with Gasteiger partial charge in [-0.25, -0.2) is 0 Å². The van der Waals surface area contributed by atoms with E-state index in [1.54, 1.807) is 17.0 Å². The van der Waals surface area contributed by atoms with E-state index in [4.69, 9.17) is 4.74 Å². The summed E-state index contributed by atoms with van der Waals surface area (Å²) in [5.74, 6) is 0.0242. The quantitative estimate of drug-likeness (QED) is 0.457. The third-order valence-electron chi connectivity index (χ3n) is 9.76. The molecule has 5 aliphatic rings. The highest BCUT2D eigenvalue weighted by Crippen LogP contribution is 2.29. The van der Waals surface area contributed by atoms with Crippen molar-refractivity contribution in [3.05, 3.63) is 65.7 Å². The number of hydrogen-bond donors (Lipinski definition) is 3. The minimum absolute atomic E-state index is 0.00291. The van der Waals surface area contributed by atoms with Crippen molar-refractivity contribution < 1.29 is 23.9 Å². The molecule has 4 atom stereocenters. The van der Waals surface area contributed by atoms with E-state index in [-0.39, 0.29) is 67.4 Å². The molecule has 11 nitrogen and oxygen atoms in total. The minimum Gasteiger partial charge on any atom is -0.484 e. The number of para-hydroxylation sites is 1. The fourth-order valence-corrected chi connectivity index (χ4v) is 7.59. The maximum atomic E-state index is 14.0. The van der Waals surface area contributed by atoms with Gasteiger partial charge in [0.15, 0.2) is 6.61 Å². The predicted octanol–water partition coefficient (Wildman–Crippen LogP) is 1.46. The standard InChI is InChI=1S/C35H46N6O5/c1-23(2)37-26-17-30-34(44)36-19-25-9-7-6-8-24(25)16-32(42)38-27-18-31(35(45)39-14-12-28(13-15-39)40(30)20-26)41(21-27)33(43)22-46-29-10-4-3-5-11-29/h3-11,23,26-28,30-31,37H,12-22H2,1-2H3,(H,36,44)(H,38,42)/t26-,27+,30-,31-/m0/s1. The van der Waals surface area contributed by atoms with E-state index in [9.17, 15) is 19.2 Å². The zero-order valence-corrected chi connectivity index (χ0v) is 26.8. The molecule has 0 unspecified atom stereocenters. The zero-order valence-electron chi connectivity index (χ0n) is 26.8. The molecule has 0 radical (unpaired) electrons. The molecule has 3 N–H and O–H groups in total. The van der Waals surface area contributed by atoms with Gasteiger partial charge in [-0.2, -0.15) is 0 Å². The Morgan fingerprint density at radius 1 is 0.935 bits per heavy atom. The highest BCUT2D eigenvalue weighted by atomic mass is 16.5. The molecule has 246 valence electrons. The number of rotatable bonds is 5. The lowest BCUT2D eigenvalue weighted by Crippen LogP contribution is -2.55. The van der Waals surface area contributed by atoms with Crippen molar-refractivity contribution in [3.8, 4) is 5.75 Å². The van der Waals surface area contributed by atoms with E-state index in [2.05, 4.69) is 34.7 Å². The fourth-order valence-electron chi connectivity index (χ4n) is 7.59. The highest BCUT2D eigenvalue weighted by Gasteiger charge is 2.45. The number of nitrogens with zero attached hydrogens (tertiary/aromatic N) is 3. The molecule has 0 spiro atoms. The Morgan fingerprint density at radius 3 is 2.39 bits per heavy atom. The fraction of sp³-hybridized carbons (Fsp3) is 0.543. The van der Waals surface area contributed by atoms with Crippen molar-refractivity contribution in [2.24, 2.45) is 0 Å². The van der Waals surface area contributed by atoms with Gasteiger partial charge in [-0.3, -0.25) is 24.1 Å². The van der Waals surface area contributed by atoms with Crippen molar-refractivity contribution in [2.75, 3.05) is 32.8 Å². The summed E-state index contributed by atoms with van der Waals surface area (Å²) in [6.45, 7) is 6.53. The molecule has 2 aromatic carbocycles. The van der Waals surface area contributed by atoms with Gasteiger partial charge in [0.25, 0.3) is 5.91 Å². The number of piperidine rings is 1. The summed E-state index contributed by atoms with van der Waals surface area (Å²) in [7, 11) is 0. The van der Waals surface area contributed by atoms with Crippen LogP contribution in [-0.4, -0.2) is 107 Å². The Morgan fingerprint density at radius 2 is 1.65 bits per heavy atom. The third-order valence-corrected chi connectivity index (χ3v) is 9.76. The summed E-state index contributed by atoms with van der Waals surface area (Å²) >= 11 is 0. The molecule has 7 rings (SSSR count). The Kier molecular flexibility index (Phi) is 9.89. The van der Waals surface area contributed by atoms with Crippen LogP contribution in [0.5, 0.6) is 5.75 Å². The number of ether oxygens (including phenoxy) is 1. The van der Waals surface area contributed by atoms with Gasteiger partial charge >= 0.3 is 0 Å². The van der Waals surface area contributed by atoms with E-state index in [1.807, 2.05) is 47.4 Å². The minimum atomic E-state index is -0.676. The summed E-state index contributed by atoms with van der Waals surface area (Å²) in [4.78, 5) is 60.3. The van der Waals surface area contributed by atoms with Crippen LogP contribution in [0.2, 0.25) is 0 Å². The van der Waals surface area contributed by atoms with Crippen LogP contribution < -0.4 is 20.7 Å². The Labute approximate surface area is 271 Å². The SMILES string of the molecule is CC(C)N[C@H]1C[C@H]2C(=O)NCc3ccccc3CC(=O)N[C@@H]3C[C@@H](C(=O)N4CCC(CC4)N2C1)N(C(=O)COc1ccccc1)C3. The van der Waals surface area contributed by atoms with Gasteiger partial charge in [0.1, 0.15) is 11.8 Å². The molecule has 4 bridgehead atoms. The molecule has 11 heteroatoms. The summed E-state index contributed by atoms with van der Waals surface area (Å²) in [5, 5.41) is 9.89. The maximum absolute atomic E-state index is 14.0. The van der Waals surface area contributed by atoms with Crippen molar-refractivity contribution in [1.29, 1.82) is 0 Å². The number of fused-ring (bicyclic) bond motifs is 6.